The van der Waals surface area contributed by atoms with Gasteiger partial charge in [0.1, 0.15) is 5.82 Å². The minimum atomic E-state index is -0.401. The molecule has 3 atom stereocenters. The number of piperazine rings is 1. The average molecular weight is 305 g/mol. The van der Waals surface area contributed by atoms with Crippen LogP contribution in [0, 0.1) is 11.7 Å². The minimum absolute atomic E-state index is 0.0695. The van der Waals surface area contributed by atoms with Crippen molar-refractivity contribution in [1.29, 1.82) is 0 Å². The van der Waals surface area contributed by atoms with Gasteiger partial charge in [0.25, 0.3) is 0 Å². The lowest BCUT2D eigenvalue weighted by atomic mass is 10.0. The van der Waals surface area contributed by atoms with Crippen molar-refractivity contribution in [3.05, 3.63) is 30.1 Å². The van der Waals surface area contributed by atoms with E-state index in [-0.39, 0.29) is 23.8 Å². The lowest BCUT2D eigenvalue weighted by Crippen LogP contribution is -2.53. The number of nitrogens with zero attached hydrogens (tertiary/aromatic N) is 2. The standard InChI is InChI=1S/C17H24FN3O/c1-11(2)6-16(19)17(22)21-10-14-8-15(21)9-20(14)13-5-3-4-12(18)7-13/h3-5,7,11,14-16H,6,8-10,19H2,1-2H3/t14?,15?,16-/m0/s1. The molecule has 2 saturated heterocycles. The van der Waals surface area contributed by atoms with Crippen molar-refractivity contribution in [3.63, 3.8) is 0 Å². The maximum absolute atomic E-state index is 13.4. The van der Waals surface area contributed by atoms with Gasteiger partial charge in [0, 0.05) is 24.8 Å². The molecule has 3 rings (SSSR count). The van der Waals surface area contributed by atoms with Crippen LogP contribution in [0.3, 0.4) is 0 Å². The summed E-state index contributed by atoms with van der Waals surface area (Å²) in [7, 11) is 0. The Morgan fingerprint density at radius 2 is 2.14 bits per heavy atom. The van der Waals surface area contributed by atoms with Gasteiger partial charge in [-0.3, -0.25) is 4.79 Å². The molecule has 1 aromatic carbocycles. The molecule has 2 N–H and O–H groups in total. The Hall–Kier alpha value is -1.62. The number of benzene rings is 1. The predicted octanol–water partition coefficient (Wildman–Crippen LogP) is 1.99. The third kappa shape index (κ3) is 2.82. The Morgan fingerprint density at radius 3 is 2.73 bits per heavy atom. The Kier molecular flexibility index (Phi) is 4.08. The van der Waals surface area contributed by atoms with E-state index in [1.165, 1.54) is 6.07 Å². The lowest BCUT2D eigenvalue weighted by Gasteiger charge is -2.36. The summed E-state index contributed by atoms with van der Waals surface area (Å²) in [5.41, 5.74) is 6.95. The van der Waals surface area contributed by atoms with Crippen LogP contribution >= 0.6 is 0 Å². The molecule has 0 radical (unpaired) electrons. The van der Waals surface area contributed by atoms with Gasteiger partial charge in [-0.2, -0.15) is 0 Å². The van der Waals surface area contributed by atoms with Gasteiger partial charge in [0.15, 0.2) is 0 Å². The normalized spacial score (nSPS) is 25.1. The van der Waals surface area contributed by atoms with E-state index in [1.54, 1.807) is 12.1 Å². The molecular weight excluding hydrogens is 281 g/mol. The van der Waals surface area contributed by atoms with E-state index < -0.39 is 6.04 Å². The Bertz CT molecular complexity index is 563. The number of fused-ring (bicyclic) bond motifs is 2. The molecule has 2 aliphatic rings. The fourth-order valence-electron chi connectivity index (χ4n) is 3.73. The van der Waals surface area contributed by atoms with E-state index >= 15 is 0 Å². The van der Waals surface area contributed by atoms with E-state index in [0.29, 0.717) is 12.5 Å². The fraction of sp³-hybridized carbons (Fsp3) is 0.588. The number of carbonyl (C=O) groups excluding carboxylic acids is 1. The summed E-state index contributed by atoms with van der Waals surface area (Å²) in [6, 6.07) is 6.78. The van der Waals surface area contributed by atoms with Crippen molar-refractivity contribution in [2.45, 2.75) is 44.8 Å². The zero-order valence-electron chi connectivity index (χ0n) is 13.2. The van der Waals surface area contributed by atoms with Gasteiger partial charge < -0.3 is 15.5 Å². The van der Waals surface area contributed by atoms with Crippen molar-refractivity contribution < 1.29 is 9.18 Å². The fourth-order valence-corrected chi connectivity index (χ4v) is 3.73. The SMILES string of the molecule is CC(C)C[C@H](N)C(=O)N1CC2CC1CN2c1cccc(F)c1. The molecule has 2 heterocycles. The van der Waals surface area contributed by atoms with Gasteiger partial charge in [-0.15, -0.1) is 0 Å². The smallest absolute Gasteiger partial charge is 0.239 e. The second-order valence-corrected chi connectivity index (χ2v) is 6.90. The highest BCUT2D eigenvalue weighted by molar-refractivity contribution is 5.83. The van der Waals surface area contributed by atoms with Gasteiger partial charge in [0.05, 0.1) is 12.1 Å². The molecule has 22 heavy (non-hydrogen) atoms. The number of nitrogens with two attached hydrogens (primary N) is 1. The van der Waals surface area contributed by atoms with Crippen LogP contribution in [-0.4, -0.2) is 42.0 Å². The number of amides is 1. The zero-order chi connectivity index (χ0) is 15.9. The van der Waals surface area contributed by atoms with Crippen molar-refractivity contribution in [3.8, 4) is 0 Å². The molecular formula is C17H24FN3O. The zero-order valence-corrected chi connectivity index (χ0v) is 13.2. The number of rotatable bonds is 4. The molecule has 4 nitrogen and oxygen atoms in total. The minimum Gasteiger partial charge on any atom is -0.365 e. The monoisotopic (exact) mass is 305 g/mol. The third-order valence-corrected chi connectivity index (χ3v) is 4.71. The highest BCUT2D eigenvalue weighted by Crippen LogP contribution is 2.35. The molecule has 2 aliphatic heterocycles. The van der Waals surface area contributed by atoms with Crippen LogP contribution in [-0.2, 0) is 4.79 Å². The van der Waals surface area contributed by atoms with Gasteiger partial charge in [-0.25, -0.2) is 4.39 Å². The van der Waals surface area contributed by atoms with E-state index in [4.69, 9.17) is 5.73 Å². The summed E-state index contributed by atoms with van der Waals surface area (Å²) in [5.74, 6) is 0.273. The maximum Gasteiger partial charge on any atom is 0.239 e. The molecule has 5 heteroatoms. The number of carbonyl (C=O) groups is 1. The first-order chi connectivity index (χ1) is 10.5. The Labute approximate surface area is 131 Å². The van der Waals surface area contributed by atoms with Crippen LogP contribution in [0.25, 0.3) is 0 Å². The van der Waals surface area contributed by atoms with Crippen LogP contribution in [0.2, 0.25) is 0 Å². The van der Waals surface area contributed by atoms with Gasteiger partial charge in [-0.1, -0.05) is 19.9 Å². The second-order valence-electron chi connectivity index (χ2n) is 6.90. The number of anilines is 1. The molecule has 0 saturated carbocycles. The lowest BCUT2D eigenvalue weighted by molar-refractivity contribution is -0.134. The quantitative estimate of drug-likeness (QED) is 0.925. The first-order valence-corrected chi connectivity index (χ1v) is 8.04. The van der Waals surface area contributed by atoms with Gasteiger partial charge in [0.2, 0.25) is 5.91 Å². The molecule has 0 aliphatic carbocycles. The van der Waals surface area contributed by atoms with Crippen LogP contribution < -0.4 is 10.6 Å². The van der Waals surface area contributed by atoms with Crippen molar-refractivity contribution in [2.75, 3.05) is 18.0 Å². The van der Waals surface area contributed by atoms with Crippen LogP contribution in [0.5, 0.6) is 0 Å². The van der Waals surface area contributed by atoms with E-state index in [9.17, 15) is 9.18 Å². The van der Waals surface area contributed by atoms with Crippen molar-refractivity contribution in [2.24, 2.45) is 11.7 Å². The molecule has 2 bridgehead atoms. The largest absolute Gasteiger partial charge is 0.365 e. The Morgan fingerprint density at radius 1 is 1.36 bits per heavy atom. The van der Waals surface area contributed by atoms with Gasteiger partial charge in [-0.05, 0) is 37.0 Å². The number of halogens is 1. The molecule has 2 unspecified atom stereocenters. The topological polar surface area (TPSA) is 49.6 Å². The summed E-state index contributed by atoms with van der Waals surface area (Å²) in [6.07, 6.45) is 1.68. The van der Waals surface area contributed by atoms with E-state index in [2.05, 4.69) is 18.7 Å². The van der Waals surface area contributed by atoms with Crippen LogP contribution in [0.1, 0.15) is 26.7 Å². The highest BCUT2D eigenvalue weighted by Gasteiger charge is 2.46. The third-order valence-electron chi connectivity index (χ3n) is 4.71. The first kappa shape index (κ1) is 15.3. The number of likely N-dealkylation sites (tertiary alicyclic amines) is 1. The summed E-state index contributed by atoms with van der Waals surface area (Å²) >= 11 is 0. The molecule has 2 fully saturated rings. The highest BCUT2D eigenvalue weighted by atomic mass is 19.1. The first-order valence-electron chi connectivity index (χ1n) is 8.04. The average Bonchev–Trinajstić information content (AvgIpc) is 3.05. The molecule has 1 amide bonds. The summed E-state index contributed by atoms with van der Waals surface area (Å²) in [6.45, 7) is 5.63. The second kappa shape index (κ2) is 5.88. The van der Waals surface area contributed by atoms with Crippen LogP contribution in [0.4, 0.5) is 10.1 Å². The molecule has 1 aromatic rings. The summed E-state index contributed by atoms with van der Waals surface area (Å²) < 4.78 is 13.4. The van der Waals surface area contributed by atoms with Crippen molar-refractivity contribution in [1.82, 2.24) is 4.90 Å². The molecule has 120 valence electrons. The predicted molar refractivity (Wildman–Crippen MR) is 85.1 cm³/mol. The molecule has 0 aromatic heterocycles. The maximum atomic E-state index is 13.4. The van der Waals surface area contributed by atoms with E-state index in [0.717, 1.165) is 25.1 Å². The summed E-state index contributed by atoms with van der Waals surface area (Å²) in [4.78, 5) is 16.6. The summed E-state index contributed by atoms with van der Waals surface area (Å²) in [5, 5.41) is 0. The number of hydrogen-bond donors (Lipinski definition) is 1. The molecule has 0 spiro atoms. The van der Waals surface area contributed by atoms with E-state index in [1.807, 2.05) is 11.0 Å². The van der Waals surface area contributed by atoms with Crippen molar-refractivity contribution >= 4 is 11.6 Å². The van der Waals surface area contributed by atoms with Gasteiger partial charge >= 0.3 is 0 Å². The van der Waals surface area contributed by atoms with Crippen LogP contribution in [0.15, 0.2) is 24.3 Å². The Balaban J connectivity index is 1.66. The number of hydrogen-bond acceptors (Lipinski definition) is 3.